The quantitative estimate of drug-likeness (QED) is 0.791. The molecule has 2 saturated heterocycles. The molecule has 2 amide bonds. The molecule has 0 saturated carbocycles. The minimum atomic E-state index is 0. The molecule has 0 aliphatic carbocycles. The predicted molar refractivity (Wildman–Crippen MR) is 99.3 cm³/mol. The first-order valence-corrected chi connectivity index (χ1v) is 9.36. The Hall–Kier alpha value is -0.810. The Labute approximate surface area is 152 Å². The standard InChI is InChI=1S/C18H33N3O2.ClH/c1-3-5-17(22)21-11-4-6-16(14-21)18(23)20-12-8-15(9-13-20)7-10-19-2;/h15-16,19H,3-14H2,1-2H3;1H. The molecule has 0 aromatic carbocycles. The molecule has 0 radical (unpaired) electrons. The van der Waals surface area contributed by atoms with Gasteiger partial charge in [-0.15, -0.1) is 12.4 Å². The van der Waals surface area contributed by atoms with Gasteiger partial charge in [-0.3, -0.25) is 9.59 Å². The van der Waals surface area contributed by atoms with Crippen molar-refractivity contribution in [3.63, 3.8) is 0 Å². The van der Waals surface area contributed by atoms with Crippen LogP contribution in [-0.4, -0.2) is 61.4 Å². The van der Waals surface area contributed by atoms with Crippen LogP contribution in [0.2, 0.25) is 0 Å². The maximum atomic E-state index is 12.8. The molecule has 0 aromatic heterocycles. The molecule has 1 N–H and O–H groups in total. The summed E-state index contributed by atoms with van der Waals surface area (Å²) in [6.45, 7) is 6.35. The highest BCUT2D eigenvalue weighted by molar-refractivity contribution is 5.85. The molecule has 0 spiro atoms. The van der Waals surface area contributed by atoms with E-state index in [0.29, 0.717) is 13.0 Å². The lowest BCUT2D eigenvalue weighted by molar-refractivity contribution is -0.142. The van der Waals surface area contributed by atoms with Crippen molar-refractivity contribution in [1.82, 2.24) is 15.1 Å². The molecule has 6 heteroatoms. The van der Waals surface area contributed by atoms with E-state index in [1.165, 1.54) is 6.42 Å². The van der Waals surface area contributed by atoms with Crippen LogP contribution in [-0.2, 0) is 9.59 Å². The molecule has 1 unspecified atom stereocenters. The Kier molecular flexibility index (Phi) is 9.67. The number of carbonyl (C=O) groups is 2. The van der Waals surface area contributed by atoms with Gasteiger partial charge in [0.2, 0.25) is 11.8 Å². The molecule has 1 atom stereocenters. The first-order valence-electron chi connectivity index (χ1n) is 9.36. The van der Waals surface area contributed by atoms with Gasteiger partial charge in [-0.25, -0.2) is 0 Å². The second-order valence-electron chi connectivity index (χ2n) is 7.09. The molecule has 2 aliphatic heterocycles. The van der Waals surface area contributed by atoms with E-state index in [0.717, 1.165) is 64.2 Å². The Balaban J connectivity index is 0.00000288. The van der Waals surface area contributed by atoms with Gasteiger partial charge in [0.25, 0.3) is 0 Å². The first-order chi connectivity index (χ1) is 11.2. The number of nitrogens with zero attached hydrogens (tertiary/aromatic N) is 2. The van der Waals surface area contributed by atoms with E-state index in [1.807, 2.05) is 23.8 Å². The number of hydrogen-bond donors (Lipinski definition) is 1. The van der Waals surface area contributed by atoms with Crippen molar-refractivity contribution in [2.45, 2.75) is 51.9 Å². The summed E-state index contributed by atoms with van der Waals surface area (Å²) in [6, 6.07) is 0. The molecule has 2 fully saturated rings. The highest BCUT2D eigenvalue weighted by Crippen LogP contribution is 2.25. The molecule has 2 heterocycles. The number of carbonyl (C=O) groups excluding carboxylic acids is 2. The van der Waals surface area contributed by atoms with Crippen LogP contribution in [0.3, 0.4) is 0 Å². The zero-order chi connectivity index (χ0) is 16.7. The summed E-state index contributed by atoms with van der Waals surface area (Å²) in [5.74, 6) is 1.28. The van der Waals surface area contributed by atoms with Crippen molar-refractivity contribution < 1.29 is 9.59 Å². The number of nitrogens with one attached hydrogen (secondary N) is 1. The van der Waals surface area contributed by atoms with Crippen molar-refractivity contribution in [3.05, 3.63) is 0 Å². The second-order valence-corrected chi connectivity index (χ2v) is 7.09. The summed E-state index contributed by atoms with van der Waals surface area (Å²) in [5.41, 5.74) is 0. The van der Waals surface area contributed by atoms with Gasteiger partial charge < -0.3 is 15.1 Å². The highest BCUT2D eigenvalue weighted by Gasteiger charge is 2.32. The van der Waals surface area contributed by atoms with E-state index < -0.39 is 0 Å². The fourth-order valence-electron chi connectivity index (χ4n) is 3.83. The van der Waals surface area contributed by atoms with Crippen molar-refractivity contribution in [2.75, 3.05) is 39.8 Å². The third-order valence-corrected chi connectivity index (χ3v) is 5.32. The lowest BCUT2D eigenvalue weighted by Gasteiger charge is -2.38. The average molecular weight is 360 g/mol. The first kappa shape index (κ1) is 21.2. The second kappa shape index (κ2) is 10.9. The van der Waals surface area contributed by atoms with Gasteiger partial charge in [0.05, 0.1) is 5.92 Å². The van der Waals surface area contributed by atoms with E-state index >= 15 is 0 Å². The molecule has 2 rings (SSSR count). The van der Waals surface area contributed by atoms with Gasteiger partial charge in [-0.2, -0.15) is 0 Å². The Bertz CT molecular complexity index is 398. The van der Waals surface area contributed by atoms with E-state index in [9.17, 15) is 9.59 Å². The lowest BCUT2D eigenvalue weighted by atomic mass is 9.91. The molecule has 0 bridgehead atoms. The number of amides is 2. The van der Waals surface area contributed by atoms with E-state index in [4.69, 9.17) is 0 Å². The van der Waals surface area contributed by atoms with Crippen LogP contribution >= 0.6 is 12.4 Å². The van der Waals surface area contributed by atoms with Gasteiger partial charge in [0.15, 0.2) is 0 Å². The predicted octanol–water partition coefficient (Wildman–Crippen LogP) is 2.30. The minimum Gasteiger partial charge on any atom is -0.342 e. The normalized spacial score (nSPS) is 22.2. The van der Waals surface area contributed by atoms with Gasteiger partial charge in [0, 0.05) is 32.6 Å². The number of likely N-dealkylation sites (tertiary alicyclic amines) is 2. The van der Waals surface area contributed by atoms with E-state index in [1.54, 1.807) is 0 Å². The molecule has 140 valence electrons. The van der Waals surface area contributed by atoms with Gasteiger partial charge in [-0.1, -0.05) is 6.92 Å². The minimum absolute atomic E-state index is 0. The van der Waals surface area contributed by atoms with Crippen molar-refractivity contribution in [3.8, 4) is 0 Å². The smallest absolute Gasteiger partial charge is 0.227 e. The zero-order valence-electron chi connectivity index (χ0n) is 15.3. The van der Waals surface area contributed by atoms with Crippen LogP contribution in [0.15, 0.2) is 0 Å². The lowest BCUT2D eigenvalue weighted by Crippen LogP contribution is -2.48. The summed E-state index contributed by atoms with van der Waals surface area (Å²) in [4.78, 5) is 28.8. The van der Waals surface area contributed by atoms with Crippen LogP contribution in [0.1, 0.15) is 51.9 Å². The van der Waals surface area contributed by atoms with Crippen molar-refractivity contribution in [1.29, 1.82) is 0 Å². The largest absolute Gasteiger partial charge is 0.342 e. The van der Waals surface area contributed by atoms with E-state index in [-0.39, 0.29) is 30.1 Å². The molecule has 24 heavy (non-hydrogen) atoms. The molecule has 5 nitrogen and oxygen atoms in total. The van der Waals surface area contributed by atoms with Crippen LogP contribution < -0.4 is 5.32 Å². The fourth-order valence-corrected chi connectivity index (χ4v) is 3.83. The summed E-state index contributed by atoms with van der Waals surface area (Å²) in [6.07, 6.45) is 6.85. The zero-order valence-corrected chi connectivity index (χ0v) is 16.1. The van der Waals surface area contributed by atoms with E-state index in [2.05, 4.69) is 5.32 Å². The Morgan fingerprint density at radius 1 is 1.08 bits per heavy atom. The summed E-state index contributed by atoms with van der Waals surface area (Å²) in [5, 5.41) is 3.21. The summed E-state index contributed by atoms with van der Waals surface area (Å²) >= 11 is 0. The maximum Gasteiger partial charge on any atom is 0.227 e. The maximum absolute atomic E-state index is 12.8. The number of piperidine rings is 2. The Morgan fingerprint density at radius 2 is 1.79 bits per heavy atom. The van der Waals surface area contributed by atoms with Crippen LogP contribution in [0, 0.1) is 11.8 Å². The monoisotopic (exact) mass is 359 g/mol. The van der Waals surface area contributed by atoms with Gasteiger partial charge >= 0.3 is 0 Å². The van der Waals surface area contributed by atoms with Gasteiger partial charge in [0.1, 0.15) is 0 Å². The average Bonchev–Trinajstić information content (AvgIpc) is 2.60. The van der Waals surface area contributed by atoms with Crippen LogP contribution in [0.5, 0.6) is 0 Å². The van der Waals surface area contributed by atoms with Crippen molar-refractivity contribution in [2.24, 2.45) is 11.8 Å². The highest BCUT2D eigenvalue weighted by atomic mass is 35.5. The third kappa shape index (κ3) is 5.92. The molecular weight excluding hydrogens is 326 g/mol. The SMILES string of the molecule is CCCC(=O)N1CCCC(C(=O)N2CCC(CCNC)CC2)C1.Cl. The number of hydrogen-bond acceptors (Lipinski definition) is 3. The molecule has 2 aliphatic rings. The summed E-state index contributed by atoms with van der Waals surface area (Å²) in [7, 11) is 1.99. The topological polar surface area (TPSA) is 52.7 Å². The summed E-state index contributed by atoms with van der Waals surface area (Å²) < 4.78 is 0. The molecular formula is C18H34ClN3O2. The Morgan fingerprint density at radius 3 is 2.42 bits per heavy atom. The third-order valence-electron chi connectivity index (χ3n) is 5.32. The number of halogens is 1. The number of rotatable bonds is 6. The van der Waals surface area contributed by atoms with Crippen LogP contribution in [0.4, 0.5) is 0 Å². The van der Waals surface area contributed by atoms with Crippen molar-refractivity contribution >= 4 is 24.2 Å². The van der Waals surface area contributed by atoms with Crippen LogP contribution in [0.25, 0.3) is 0 Å². The molecule has 0 aromatic rings. The fraction of sp³-hybridized carbons (Fsp3) is 0.889. The van der Waals surface area contributed by atoms with Gasteiger partial charge in [-0.05, 0) is 58.0 Å².